The molecule has 4 aromatic rings. The number of aromatic nitrogens is 2. The number of halogens is 2. The number of nitrogens with one attached hydrogen (secondary N) is 1. The Morgan fingerprint density at radius 3 is 2.50 bits per heavy atom. The molecule has 0 radical (unpaired) electrons. The van der Waals surface area contributed by atoms with Crippen LogP contribution in [0.2, 0.25) is 0 Å². The molecule has 7 nitrogen and oxygen atoms in total. The molecule has 2 aromatic carbocycles. The van der Waals surface area contributed by atoms with Crippen molar-refractivity contribution in [3.8, 4) is 11.1 Å². The molecule has 3 N–H and O–H groups in total. The van der Waals surface area contributed by atoms with Crippen molar-refractivity contribution in [2.24, 2.45) is 12.8 Å². The van der Waals surface area contributed by atoms with Gasteiger partial charge < -0.3 is 20.2 Å². The van der Waals surface area contributed by atoms with Crippen LogP contribution >= 0.6 is 0 Å². The molecule has 2 aromatic heterocycles. The minimum atomic E-state index is -3.32. The maximum Gasteiger partial charge on any atom is 0.274 e. The van der Waals surface area contributed by atoms with E-state index in [2.05, 4.69) is 4.98 Å². The fourth-order valence-electron chi connectivity index (χ4n) is 4.77. The lowest BCUT2D eigenvalue weighted by Crippen LogP contribution is -2.30. The first-order valence-corrected chi connectivity index (χ1v) is 12.6. The lowest BCUT2D eigenvalue weighted by molar-refractivity contribution is 0.576. The lowest BCUT2D eigenvalue weighted by Gasteiger charge is -2.33. The average molecular weight is 485 g/mol. The van der Waals surface area contributed by atoms with Crippen LogP contribution in [-0.4, -0.2) is 30.8 Å². The molecular weight excluding hydrogens is 462 g/mol. The second kappa shape index (κ2) is 7.78. The molecule has 0 spiro atoms. The van der Waals surface area contributed by atoms with Gasteiger partial charge in [0.25, 0.3) is 5.56 Å². The predicted octanol–water partition coefficient (Wildman–Crippen LogP) is 3.51. The van der Waals surface area contributed by atoms with Gasteiger partial charge in [0.15, 0.2) is 9.84 Å². The Bertz CT molecular complexity index is 1630. The maximum atomic E-state index is 15.1. The SMILES string of the molecule is Cn1cc2c3c(c[nH]c3c1=O)C(CN)N(c1ccc(F)cc1F)c1ccc(CS(C)(=O)=O)cc1-2. The standard InChI is InChI=1S/C24H22F2N4O3S/c1-29-11-17-15-7-13(12-34(2,32)33)3-5-19(15)30(20-6-4-14(25)8-18(20)26)21(9-27)16-10-28-23(22(16)17)24(29)31/h3-8,10-11,21,28H,9,12,27H2,1-2H3. The minimum Gasteiger partial charge on any atom is -0.356 e. The molecule has 0 saturated heterocycles. The highest BCUT2D eigenvalue weighted by molar-refractivity contribution is 7.89. The largest absolute Gasteiger partial charge is 0.356 e. The minimum absolute atomic E-state index is 0.0724. The number of hydrogen-bond acceptors (Lipinski definition) is 5. The molecule has 1 aliphatic heterocycles. The van der Waals surface area contributed by atoms with Gasteiger partial charge in [0.2, 0.25) is 0 Å². The molecular formula is C24H22F2N4O3S. The summed E-state index contributed by atoms with van der Waals surface area (Å²) in [7, 11) is -1.69. The summed E-state index contributed by atoms with van der Waals surface area (Å²) in [6.07, 6.45) is 4.52. The Hall–Kier alpha value is -3.50. The molecule has 3 heterocycles. The Morgan fingerprint density at radius 2 is 1.82 bits per heavy atom. The number of benzene rings is 2. The summed E-state index contributed by atoms with van der Waals surface area (Å²) in [6, 6.07) is 7.86. The van der Waals surface area contributed by atoms with E-state index in [0.717, 1.165) is 12.3 Å². The first-order valence-electron chi connectivity index (χ1n) is 10.5. The van der Waals surface area contributed by atoms with E-state index in [1.54, 1.807) is 42.5 Å². The normalized spacial score (nSPS) is 15.4. The summed E-state index contributed by atoms with van der Waals surface area (Å²) in [5.74, 6) is -1.66. The average Bonchev–Trinajstić information content (AvgIpc) is 3.15. The van der Waals surface area contributed by atoms with Crippen molar-refractivity contribution >= 4 is 32.1 Å². The second-order valence-electron chi connectivity index (χ2n) is 8.59. The quantitative estimate of drug-likeness (QED) is 0.462. The van der Waals surface area contributed by atoms with E-state index in [1.165, 1.54) is 16.7 Å². The fourth-order valence-corrected chi connectivity index (χ4v) is 5.56. The van der Waals surface area contributed by atoms with E-state index in [4.69, 9.17) is 5.73 Å². The van der Waals surface area contributed by atoms with Gasteiger partial charge in [-0.25, -0.2) is 17.2 Å². The number of aromatic amines is 1. The fraction of sp³-hybridized carbons (Fsp3) is 0.208. The van der Waals surface area contributed by atoms with Crippen molar-refractivity contribution in [1.29, 1.82) is 0 Å². The van der Waals surface area contributed by atoms with Gasteiger partial charge in [-0.1, -0.05) is 6.07 Å². The van der Waals surface area contributed by atoms with Crippen molar-refractivity contribution < 1.29 is 17.2 Å². The molecule has 176 valence electrons. The van der Waals surface area contributed by atoms with Gasteiger partial charge in [-0.3, -0.25) is 4.79 Å². The van der Waals surface area contributed by atoms with Crippen molar-refractivity contribution in [2.75, 3.05) is 17.7 Å². The van der Waals surface area contributed by atoms with Crippen molar-refractivity contribution in [3.05, 3.63) is 81.9 Å². The third-order valence-electron chi connectivity index (χ3n) is 6.14. The maximum absolute atomic E-state index is 15.1. The van der Waals surface area contributed by atoms with Crippen molar-refractivity contribution in [2.45, 2.75) is 11.8 Å². The van der Waals surface area contributed by atoms with E-state index in [9.17, 15) is 17.6 Å². The third-order valence-corrected chi connectivity index (χ3v) is 7.00. The summed E-state index contributed by atoms with van der Waals surface area (Å²) >= 11 is 0. The highest BCUT2D eigenvalue weighted by Crippen LogP contribution is 2.48. The molecule has 5 rings (SSSR count). The van der Waals surface area contributed by atoms with Crippen LogP contribution in [0.5, 0.6) is 0 Å². The van der Waals surface area contributed by atoms with Crippen LogP contribution in [-0.2, 0) is 22.6 Å². The number of nitrogens with zero attached hydrogens (tertiary/aromatic N) is 2. The number of sulfone groups is 1. The molecule has 0 aliphatic carbocycles. The Morgan fingerprint density at radius 1 is 1.09 bits per heavy atom. The highest BCUT2D eigenvalue weighted by Gasteiger charge is 2.33. The molecule has 0 amide bonds. The van der Waals surface area contributed by atoms with Crippen LogP contribution in [0.3, 0.4) is 0 Å². The number of H-pyrrole nitrogens is 1. The predicted molar refractivity (Wildman–Crippen MR) is 128 cm³/mol. The zero-order valence-corrected chi connectivity index (χ0v) is 19.3. The van der Waals surface area contributed by atoms with Gasteiger partial charge in [-0.05, 0) is 29.8 Å². The second-order valence-corrected chi connectivity index (χ2v) is 10.7. The molecule has 34 heavy (non-hydrogen) atoms. The van der Waals surface area contributed by atoms with E-state index in [-0.39, 0.29) is 23.5 Å². The lowest BCUT2D eigenvalue weighted by atomic mass is 9.99. The zero-order valence-electron chi connectivity index (χ0n) is 18.5. The van der Waals surface area contributed by atoms with Crippen LogP contribution in [0, 0.1) is 11.6 Å². The number of fused-ring (bicyclic) bond motifs is 2. The van der Waals surface area contributed by atoms with Crippen LogP contribution in [0.4, 0.5) is 20.2 Å². The number of anilines is 2. The van der Waals surface area contributed by atoms with Crippen LogP contribution in [0.25, 0.3) is 22.0 Å². The van der Waals surface area contributed by atoms with Gasteiger partial charge in [-0.15, -0.1) is 0 Å². The van der Waals surface area contributed by atoms with Gasteiger partial charge in [0.1, 0.15) is 17.2 Å². The van der Waals surface area contributed by atoms with Gasteiger partial charge >= 0.3 is 0 Å². The Labute approximate surface area is 194 Å². The monoisotopic (exact) mass is 484 g/mol. The summed E-state index contributed by atoms with van der Waals surface area (Å²) in [4.78, 5) is 17.6. The first-order chi connectivity index (χ1) is 16.1. The molecule has 0 bridgehead atoms. The molecule has 1 atom stereocenters. The third kappa shape index (κ3) is 3.50. The topological polar surface area (TPSA) is 101 Å². The Kier molecular flexibility index (Phi) is 5.10. The number of pyridine rings is 1. The van der Waals surface area contributed by atoms with E-state index < -0.39 is 27.5 Å². The summed E-state index contributed by atoms with van der Waals surface area (Å²) in [5.41, 5.74) is 9.54. The number of hydrogen-bond donors (Lipinski definition) is 2. The highest BCUT2D eigenvalue weighted by atomic mass is 32.2. The van der Waals surface area contributed by atoms with Gasteiger partial charge in [-0.2, -0.15) is 0 Å². The van der Waals surface area contributed by atoms with Crippen LogP contribution < -0.4 is 16.2 Å². The van der Waals surface area contributed by atoms with E-state index in [1.807, 2.05) is 0 Å². The first kappa shape index (κ1) is 22.3. The van der Waals surface area contributed by atoms with Crippen LogP contribution in [0.1, 0.15) is 17.2 Å². The van der Waals surface area contributed by atoms with Crippen molar-refractivity contribution in [3.63, 3.8) is 0 Å². The number of nitrogens with two attached hydrogens (primary N) is 1. The van der Waals surface area contributed by atoms with Crippen LogP contribution in [0.15, 0.2) is 53.6 Å². The molecule has 0 saturated carbocycles. The molecule has 1 unspecified atom stereocenters. The smallest absolute Gasteiger partial charge is 0.274 e. The van der Waals surface area contributed by atoms with Gasteiger partial charge in [0.05, 0.1) is 17.5 Å². The summed E-state index contributed by atoms with van der Waals surface area (Å²) < 4.78 is 54.2. The number of aryl methyl sites for hydroxylation is 1. The van der Waals surface area contributed by atoms with E-state index >= 15 is 4.39 Å². The molecule has 1 aliphatic rings. The van der Waals surface area contributed by atoms with Crippen molar-refractivity contribution in [1.82, 2.24) is 9.55 Å². The zero-order chi connectivity index (χ0) is 24.4. The molecule has 10 heteroatoms. The van der Waals surface area contributed by atoms with Gasteiger partial charge in [0, 0.05) is 66.1 Å². The van der Waals surface area contributed by atoms with E-state index in [0.29, 0.717) is 38.8 Å². The number of rotatable bonds is 4. The molecule has 0 fully saturated rings. The summed E-state index contributed by atoms with van der Waals surface area (Å²) in [6.45, 7) is 0.0724. The Balaban J connectivity index is 1.90. The summed E-state index contributed by atoms with van der Waals surface area (Å²) in [5, 5.41) is 0.640.